The maximum Gasteiger partial charge on any atom is 0.270 e. The van der Waals surface area contributed by atoms with Crippen molar-refractivity contribution in [3.05, 3.63) is 93.3 Å². The number of ether oxygens (including phenoxy) is 2. The molecular formula is C25H20ClNO3S2. The third-order valence-electron chi connectivity index (χ3n) is 4.86. The zero-order chi connectivity index (χ0) is 22.7. The molecule has 1 saturated heterocycles. The van der Waals surface area contributed by atoms with E-state index in [1.807, 2.05) is 61.5 Å². The van der Waals surface area contributed by atoms with E-state index in [0.717, 1.165) is 16.8 Å². The van der Waals surface area contributed by atoms with E-state index in [2.05, 4.69) is 0 Å². The SMILES string of the molecule is COc1cc(C=C2SC(=S)N(c3ccccc3)C2=O)cc(Cl)c1OCc1ccc(C)cc1. The number of thiocarbonyl (C=S) groups is 1. The van der Waals surface area contributed by atoms with Gasteiger partial charge in [-0.1, -0.05) is 83.6 Å². The van der Waals surface area contributed by atoms with Crippen molar-refractivity contribution in [1.29, 1.82) is 0 Å². The molecule has 1 heterocycles. The van der Waals surface area contributed by atoms with Crippen LogP contribution in [0.4, 0.5) is 5.69 Å². The molecule has 0 N–H and O–H groups in total. The minimum atomic E-state index is -0.166. The molecule has 32 heavy (non-hydrogen) atoms. The van der Waals surface area contributed by atoms with Crippen LogP contribution in [0.25, 0.3) is 6.08 Å². The van der Waals surface area contributed by atoms with E-state index in [0.29, 0.717) is 32.4 Å². The maximum atomic E-state index is 13.0. The molecule has 4 nitrogen and oxygen atoms in total. The Labute approximate surface area is 201 Å². The fraction of sp³-hybridized carbons (Fsp3) is 0.120. The molecule has 7 heteroatoms. The molecule has 1 fully saturated rings. The highest BCUT2D eigenvalue weighted by Crippen LogP contribution is 2.40. The van der Waals surface area contributed by atoms with Gasteiger partial charge in [0.25, 0.3) is 5.91 Å². The fourth-order valence-electron chi connectivity index (χ4n) is 3.22. The second-order valence-electron chi connectivity index (χ2n) is 7.16. The summed E-state index contributed by atoms with van der Waals surface area (Å²) in [7, 11) is 1.56. The number of hydrogen-bond acceptors (Lipinski definition) is 5. The first kappa shape index (κ1) is 22.4. The first-order valence-corrected chi connectivity index (χ1v) is 11.5. The average molecular weight is 482 g/mol. The van der Waals surface area contributed by atoms with Crippen LogP contribution in [-0.4, -0.2) is 17.3 Å². The van der Waals surface area contributed by atoms with E-state index in [4.69, 9.17) is 33.3 Å². The number of amides is 1. The summed E-state index contributed by atoms with van der Waals surface area (Å²) in [6.07, 6.45) is 1.76. The van der Waals surface area contributed by atoms with E-state index in [9.17, 15) is 4.79 Å². The minimum Gasteiger partial charge on any atom is -0.493 e. The number of hydrogen-bond donors (Lipinski definition) is 0. The number of methoxy groups -OCH3 is 1. The van der Waals surface area contributed by atoms with Crippen molar-refractivity contribution in [2.45, 2.75) is 13.5 Å². The number of carbonyl (C=O) groups is 1. The lowest BCUT2D eigenvalue weighted by molar-refractivity contribution is -0.113. The Morgan fingerprint density at radius 3 is 2.50 bits per heavy atom. The van der Waals surface area contributed by atoms with Crippen molar-refractivity contribution < 1.29 is 14.3 Å². The molecule has 0 atom stereocenters. The summed E-state index contributed by atoms with van der Waals surface area (Å²) in [4.78, 5) is 15.0. The first-order valence-electron chi connectivity index (χ1n) is 9.85. The molecule has 1 amide bonds. The highest BCUT2D eigenvalue weighted by molar-refractivity contribution is 8.27. The third-order valence-corrected chi connectivity index (χ3v) is 6.44. The summed E-state index contributed by atoms with van der Waals surface area (Å²) in [5, 5.41) is 0.404. The summed E-state index contributed by atoms with van der Waals surface area (Å²) >= 11 is 13.2. The molecule has 0 spiro atoms. The Bertz CT molecular complexity index is 1190. The number of anilines is 1. The van der Waals surface area contributed by atoms with Gasteiger partial charge in [-0.05, 0) is 48.4 Å². The van der Waals surface area contributed by atoms with Crippen molar-refractivity contribution in [2.24, 2.45) is 0 Å². The Hall–Kier alpha value is -2.80. The predicted molar refractivity (Wildman–Crippen MR) is 136 cm³/mol. The highest BCUT2D eigenvalue weighted by atomic mass is 35.5. The maximum absolute atomic E-state index is 13.0. The summed E-state index contributed by atoms with van der Waals surface area (Å²) in [5.74, 6) is 0.791. The van der Waals surface area contributed by atoms with E-state index >= 15 is 0 Å². The van der Waals surface area contributed by atoms with Gasteiger partial charge in [0.15, 0.2) is 15.8 Å². The zero-order valence-corrected chi connectivity index (χ0v) is 19.9. The lowest BCUT2D eigenvalue weighted by atomic mass is 10.1. The molecule has 0 aromatic heterocycles. The van der Waals surface area contributed by atoms with E-state index in [1.165, 1.54) is 22.2 Å². The molecule has 162 valence electrons. The lowest BCUT2D eigenvalue weighted by Crippen LogP contribution is -2.27. The Morgan fingerprint density at radius 1 is 1.09 bits per heavy atom. The minimum absolute atomic E-state index is 0.166. The number of thioether (sulfide) groups is 1. The van der Waals surface area contributed by atoms with Crippen LogP contribution < -0.4 is 14.4 Å². The van der Waals surface area contributed by atoms with Crippen molar-refractivity contribution in [1.82, 2.24) is 0 Å². The topological polar surface area (TPSA) is 38.8 Å². The Balaban J connectivity index is 1.57. The number of aryl methyl sites for hydroxylation is 1. The molecule has 0 bridgehead atoms. The van der Waals surface area contributed by atoms with Crippen LogP contribution in [-0.2, 0) is 11.4 Å². The summed E-state index contributed by atoms with van der Waals surface area (Å²) in [6.45, 7) is 2.41. The van der Waals surface area contributed by atoms with Gasteiger partial charge in [-0.15, -0.1) is 0 Å². The van der Waals surface area contributed by atoms with Crippen molar-refractivity contribution in [3.8, 4) is 11.5 Å². The van der Waals surface area contributed by atoms with Crippen LogP contribution in [0, 0.1) is 6.92 Å². The summed E-state index contributed by atoms with van der Waals surface area (Å²) in [5.41, 5.74) is 3.69. The van der Waals surface area contributed by atoms with Gasteiger partial charge in [-0.25, -0.2) is 0 Å². The van der Waals surface area contributed by atoms with Gasteiger partial charge in [0.1, 0.15) is 6.61 Å². The van der Waals surface area contributed by atoms with Gasteiger partial charge < -0.3 is 9.47 Å². The van der Waals surface area contributed by atoms with Gasteiger partial charge >= 0.3 is 0 Å². The number of para-hydroxylation sites is 1. The second kappa shape index (κ2) is 9.77. The Kier molecular flexibility index (Phi) is 6.84. The fourth-order valence-corrected chi connectivity index (χ4v) is 4.79. The van der Waals surface area contributed by atoms with Crippen molar-refractivity contribution in [2.75, 3.05) is 12.0 Å². The number of benzene rings is 3. The van der Waals surface area contributed by atoms with E-state index in [1.54, 1.807) is 25.3 Å². The van der Waals surface area contributed by atoms with Gasteiger partial charge in [0.2, 0.25) is 0 Å². The lowest BCUT2D eigenvalue weighted by Gasteiger charge is -2.14. The molecule has 4 rings (SSSR count). The molecule has 3 aromatic carbocycles. The molecule has 3 aromatic rings. The van der Waals surface area contributed by atoms with E-state index < -0.39 is 0 Å². The number of nitrogens with zero attached hydrogens (tertiary/aromatic N) is 1. The van der Waals surface area contributed by atoms with Gasteiger partial charge in [-0.2, -0.15) is 0 Å². The standard InChI is InChI=1S/C25H20ClNO3S2/c1-16-8-10-17(11-9-16)15-30-23-20(26)12-18(13-21(23)29-2)14-22-24(28)27(25(31)32-22)19-6-4-3-5-7-19/h3-14H,15H2,1-2H3. The predicted octanol–water partition coefficient (Wildman–Crippen LogP) is 6.64. The zero-order valence-electron chi connectivity index (χ0n) is 17.5. The smallest absolute Gasteiger partial charge is 0.270 e. The molecule has 1 aliphatic heterocycles. The highest BCUT2D eigenvalue weighted by Gasteiger charge is 2.33. The number of carbonyl (C=O) groups excluding carboxylic acids is 1. The summed E-state index contributed by atoms with van der Waals surface area (Å²) in [6, 6.07) is 21.0. The molecular weight excluding hydrogens is 462 g/mol. The number of rotatable bonds is 6. The average Bonchev–Trinajstić information content (AvgIpc) is 3.07. The van der Waals surface area contributed by atoms with Gasteiger partial charge in [0, 0.05) is 0 Å². The monoisotopic (exact) mass is 481 g/mol. The van der Waals surface area contributed by atoms with Crippen LogP contribution in [0.15, 0.2) is 71.6 Å². The normalized spacial score (nSPS) is 14.8. The largest absolute Gasteiger partial charge is 0.493 e. The molecule has 0 saturated carbocycles. The molecule has 0 radical (unpaired) electrons. The molecule has 0 unspecified atom stereocenters. The van der Waals surface area contributed by atoms with Crippen LogP contribution in [0.3, 0.4) is 0 Å². The third kappa shape index (κ3) is 4.83. The van der Waals surface area contributed by atoms with Crippen LogP contribution in [0.1, 0.15) is 16.7 Å². The van der Waals surface area contributed by atoms with Gasteiger partial charge in [-0.3, -0.25) is 9.69 Å². The molecule has 1 aliphatic rings. The number of halogens is 1. The van der Waals surface area contributed by atoms with E-state index in [-0.39, 0.29) is 5.91 Å². The first-order chi connectivity index (χ1) is 15.5. The second-order valence-corrected chi connectivity index (χ2v) is 9.24. The van der Waals surface area contributed by atoms with Crippen molar-refractivity contribution in [3.63, 3.8) is 0 Å². The van der Waals surface area contributed by atoms with Crippen LogP contribution in [0.2, 0.25) is 5.02 Å². The van der Waals surface area contributed by atoms with Gasteiger partial charge in [0.05, 0.1) is 22.7 Å². The summed E-state index contributed by atoms with van der Waals surface area (Å²) < 4.78 is 11.9. The van der Waals surface area contributed by atoms with Crippen LogP contribution in [0.5, 0.6) is 11.5 Å². The van der Waals surface area contributed by atoms with Crippen LogP contribution >= 0.6 is 35.6 Å². The van der Waals surface area contributed by atoms with Crippen molar-refractivity contribution >= 4 is 57.6 Å². The Morgan fingerprint density at radius 2 is 1.81 bits per heavy atom. The molecule has 0 aliphatic carbocycles. The quantitative estimate of drug-likeness (QED) is 0.291.